The summed E-state index contributed by atoms with van der Waals surface area (Å²) in [7, 11) is 6.16. The van der Waals surface area contributed by atoms with Crippen molar-refractivity contribution in [3.05, 3.63) is 0 Å². The van der Waals surface area contributed by atoms with E-state index >= 15 is 0 Å². The molecule has 0 aromatic heterocycles. The first-order valence-electron chi connectivity index (χ1n) is 4.05. The maximum absolute atomic E-state index is 5.37. The van der Waals surface area contributed by atoms with Crippen molar-refractivity contribution in [1.29, 1.82) is 0 Å². The number of hydrogen-bond acceptors (Lipinski definition) is 5. The normalized spacial score (nSPS) is 16.6. The number of methoxy groups -OCH3 is 4. The van der Waals surface area contributed by atoms with E-state index in [4.69, 9.17) is 21.8 Å². The van der Waals surface area contributed by atoms with E-state index in [-0.39, 0.29) is 6.61 Å². The van der Waals surface area contributed by atoms with Gasteiger partial charge < -0.3 is 0 Å². The predicted molar refractivity (Wildman–Crippen MR) is 45.1 cm³/mol. The van der Waals surface area contributed by atoms with E-state index in [2.05, 4.69) is 0 Å². The molecule has 0 aliphatic carbocycles. The van der Waals surface area contributed by atoms with Gasteiger partial charge in [0.25, 0.3) is 0 Å². The fraction of sp³-hybridized carbons (Fsp3) is 1.00. The SMILES string of the molecule is COCC(OC)(OC)C(C)(OC)[O][Hf]. The second-order valence-electron chi connectivity index (χ2n) is 2.85. The Morgan fingerprint density at radius 2 is 1.50 bits per heavy atom. The first-order chi connectivity index (χ1) is 6.55. The molecule has 0 rings (SSSR count). The molecule has 0 heterocycles. The summed E-state index contributed by atoms with van der Waals surface area (Å²) in [4.78, 5) is 0. The van der Waals surface area contributed by atoms with Gasteiger partial charge in [0.15, 0.2) is 0 Å². The van der Waals surface area contributed by atoms with Crippen molar-refractivity contribution in [2.75, 3.05) is 35.0 Å². The van der Waals surface area contributed by atoms with Crippen LogP contribution in [0.5, 0.6) is 0 Å². The van der Waals surface area contributed by atoms with Crippen molar-refractivity contribution < 1.29 is 46.6 Å². The minimum atomic E-state index is -1.04. The Hall–Kier alpha value is 0.670. The maximum atomic E-state index is 5.37. The molecule has 1 atom stereocenters. The summed E-state index contributed by atoms with van der Waals surface area (Å²) >= 11 is 0.513. The van der Waals surface area contributed by atoms with E-state index in [9.17, 15) is 0 Å². The molecule has 0 aliphatic rings. The van der Waals surface area contributed by atoms with Crippen LogP contribution in [0.15, 0.2) is 0 Å². The molecule has 83 valence electrons. The van der Waals surface area contributed by atoms with Gasteiger partial charge in [-0.2, -0.15) is 0 Å². The van der Waals surface area contributed by atoms with E-state index in [1.807, 2.05) is 0 Å². The Morgan fingerprint density at radius 1 is 1.00 bits per heavy atom. The van der Waals surface area contributed by atoms with Crippen LogP contribution in [-0.4, -0.2) is 46.6 Å². The molecule has 1 unspecified atom stereocenters. The number of ether oxygens (including phenoxy) is 4. The van der Waals surface area contributed by atoms with Crippen molar-refractivity contribution in [1.82, 2.24) is 0 Å². The molecule has 0 radical (unpaired) electrons. The van der Waals surface area contributed by atoms with E-state index in [1.165, 1.54) is 14.2 Å². The first-order valence-corrected chi connectivity index (χ1v) is 5.51. The van der Waals surface area contributed by atoms with E-state index in [0.717, 1.165) is 0 Å². The van der Waals surface area contributed by atoms with Crippen LogP contribution >= 0.6 is 0 Å². The Bertz CT molecular complexity index is 156. The zero-order valence-corrected chi connectivity index (χ0v) is 12.8. The van der Waals surface area contributed by atoms with Gasteiger partial charge in [-0.3, -0.25) is 0 Å². The topological polar surface area (TPSA) is 46.2 Å². The molecule has 6 heteroatoms. The van der Waals surface area contributed by atoms with Crippen LogP contribution < -0.4 is 0 Å². The third-order valence-electron chi connectivity index (χ3n) is 2.27. The van der Waals surface area contributed by atoms with E-state index in [0.29, 0.717) is 24.8 Å². The van der Waals surface area contributed by atoms with Crippen molar-refractivity contribution in [3.63, 3.8) is 0 Å². The standard InChI is InChI=1S/C8H17O5.Hf/c1-7(9,11-3)8(12-4,13-5)6-10-2;/h6H2,1-5H3;/q-1;+1. The molecular formula is C8H17HfO5. The average Bonchev–Trinajstić information content (AvgIpc) is 2.24. The Kier molecular flexibility index (Phi) is 6.60. The van der Waals surface area contributed by atoms with Gasteiger partial charge in [-0.1, -0.05) is 0 Å². The third kappa shape index (κ3) is 2.62. The van der Waals surface area contributed by atoms with Gasteiger partial charge in [-0.05, 0) is 0 Å². The number of rotatable bonds is 7. The van der Waals surface area contributed by atoms with Crippen molar-refractivity contribution in [2.45, 2.75) is 18.5 Å². The van der Waals surface area contributed by atoms with E-state index < -0.39 is 11.6 Å². The fourth-order valence-electron chi connectivity index (χ4n) is 1.17. The molecule has 0 amide bonds. The van der Waals surface area contributed by atoms with Crippen LogP contribution in [0.4, 0.5) is 0 Å². The summed E-state index contributed by atoms with van der Waals surface area (Å²) in [5.41, 5.74) is 0. The van der Waals surface area contributed by atoms with Crippen LogP contribution in [0, 0.1) is 0 Å². The molecule has 0 aromatic carbocycles. The number of hydrogen-bond donors (Lipinski definition) is 0. The van der Waals surface area contributed by atoms with Gasteiger partial charge in [0.2, 0.25) is 0 Å². The Balaban J connectivity index is 4.92. The summed E-state index contributed by atoms with van der Waals surface area (Å²) in [6.45, 7) is 1.98. The first kappa shape index (κ1) is 14.7. The summed E-state index contributed by atoms with van der Waals surface area (Å²) in [6, 6.07) is 0. The Morgan fingerprint density at radius 3 is 1.71 bits per heavy atom. The molecule has 14 heavy (non-hydrogen) atoms. The predicted octanol–water partition coefficient (Wildman–Crippen LogP) is 0.463. The zero-order chi connectivity index (χ0) is 11.2. The van der Waals surface area contributed by atoms with Gasteiger partial charge in [0, 0.05) is 0 Å². The van der Waals surface area contributed by atoms with Gasteiger partial charge in [-0.25, -0.2) is 0 Å². The molecule has 0 aliphatic heterocycles. The van der Waals surface area contributed by atoms with Crippen LogP contribution in [0.3, 0.4) is 0 Å². The molecule has 0 saturated heterocycles. The molecule has 0 bridgehead atoms. The Labute approximate surface area is 100 Å². The minimum absolute atomic E-state index is 0.229. The van der Waals surface area contributed by atoms with E-state index in [1.54, 1.807) is 21.1 Å². The molecule has 5 nitrogen and oxygen atoms in total. The fourth-order valence-corrected chi connectivity index (χ4v) is 2.03. The van der Waals surface area contributed by atoms with Crippen LogP contribution in [0.25, 0.3) is 0 Å². The van der Waals surface area contributed by atoms with Gasteiger partial charge in [0.1, 0.15) is 0 Å². The summed E-state index contributed by atoms with van der Waals surface area (Å²) in [6.07, 6.45) is 0. The summed E-state index contributed by atoms with van der Waals surface area (Å²) in [5, 5.41) is 0. The van der Waals surface area contributed by atoms with Crippen LogP contribution in [0.1, 0.15) is 6.92 Å². The quantitative estimate of drug-likeness (QED) is 0.481. The van der Waals surface area contributed by atoms with Crippen molar-refractivity contribution in [3.8, 4) is 0 Å². The third-order valence-corrected chi connectivity index (χ3v) is 3.67. The average molecular weight is 372 g/mol. The van der Waals surface area contributed by atoms with Crippen LogP contribution in [-0.2, 0) is 46.6 Å². The molecule has 0 aromatic rings. The molecular weight excluding hydrogens is 355 g/mol. The second kappa shape index (κ2) is 6.30. The molecule has 0 fully saturated rings. The van der Waals surface area contributed by atoms with Crippen LogP contribution in [0.2, 0.25) is 0 Å². The second-order valence-corrected chi connectivity index (χ2v) is 3.58. The zero-order valence-electron chi connectivity index (χ0n) is 9.25. The van der Waals surface area contributed by atoms with Gasteiger partial charge in [0.05, 0.1) is 0 Å². The summed E-state index contributed by atoms with van der Waals surface area (Å²) in [5.74, 6) is -2.00. The molecule has 0 N–H and O–H groups in total. The molecule has 0 saturated carbocycles. The van der Waals surface area contributed by atoms with Gasteiger partial charge >= 0.3 is 100 Å². The van der Waals surface area contributed by atoms with Gasteiger partial charge in [-0.15, -0.1) is 0 Å². The van der Waals surface area contributed by atoms with Crippen molar-refractivity contribution in [2.24, 2.45) is 0 Å². The monoisotopic (exact) mass is 373 g/mol. The summed E-state index contributed by atoms with van der Waals surface area (Å²) < 4.78 is 26.3. The molecule has 0 spiro atoms. The van der Waals surface area contributed by atoms with Crippen molar-refractivity contribution >= 4 is 0 Å².